The molecule has 1 amide bonds. The number of carbonyl (C=O) groups is 1. The molecule has 0 aromatic heterocycles. The van der Waals surface area contributed by atoms with E-state index in [1.54, 1.807) is 0 Å². The molecule has 0 aliphatic carbocycles. The van der Waals surface area contributed by atoms with Gasteiger partial charge in [0.05, 0.1) is 12.7 Å². The number of hydrogen-bond donors (Lipinski definition) is 1. The first kappa shape index (κ1) is 16.8. The van der Waals surface area contributed by atoms with Crippen LogP contribution in [0.2, 0.25) is 0 Å². The highest BCUT2D eigenvalue weighted by Gasteiger charge is 2.26. The van der Waals surface area contributed by atoms with E-state index in [2.05, 4.69) is 0 Å². The minimum atomic E-state index is -0.339. The lowest BCUT2D eigenvalue weighted by atomic mass is 9.93. The Morgan fingerprint density at radius 2 is 2.23 bits per heavy atom. The topological polar surface area (TPSA) is 49.8 Å². The number of hydrogen-bond acceptors (Lipinski definition) is 3. The fourth-order valence-electron chi connectivity index (χ4n) is 3.04. The van der Waals surface area contributed by atoms with Crippen LogP contribution in [0.4, 0.5) is 0 Å². The molecule has 1 aromatic rings. The quantitative estimate of drug-likeness (QED) is 0.879. The van der Waals surface area contributed by atoms with Crippen LogP contribution in [0, 0.1) is 5.92 Å². The van der Waals surface area contributed by atoms with E-state index >= 15 is 0 Å². The molecular formula is C18H27NO3. The second kappa shape index (κ2) is 8.18. The van der Waals surface area contributed by atoms with Crippen LogP contribution in [0.5, 0.6) is 5.75 Å². The summed E-state index contributed by atoms with van der Waals surface area (Å²) in [4.78, 5) is 14.3. The van der Waals surface area contributed by atoms with Crippen molar-refractivity contribution in [3.8, 4) is 5.75 Å². The number of amides is 1. The van der Waals surface area contributed by atoms with E-state index < -0.39 is 0 Å². The van der Waals surface area contributed by atoms with Gasteiger partial charge in [0.25, 0.3) is 0 Å². The highest BCUT2D eigenvalue weighted by atomic mass is 16.5. The van der Waals surface area contributed by atoms with Crippen LogP contribution in [0.1, 0.15) is 38.7 Å². The standard InChI is InChI=1S/C18H27NO3/c1-3-22-17-9-5-4-7-15(17)10-11-18(21)19-12-6-8-16(13-19)14(2)20/h4-5,7,9,14,16,20H,3,6,8,10-13H2,1-2H3. The smallest absolute Gasteiger partial charge is 0.222 e. The summed E-state index contributed by atoms with van der Waals surface area (Å²) in [6.07, 6.45) is 2.85. The monoisotopic (exact) mass is 305 g/mol. The van der Waals surface area contributed by atoms with Crippen LogP contribution in [0.3, 0.4) is 0 Å². The number of nitrogens with zero attached hydrogens (tertiary/aromatic N) is 1. The van der Waals surface area contributed by atoms with Gasteiger partial charge >= 0.3 is 0 Å². The SMILES string of the molecule is CCOc1ccccc1CCC(=O)N1CCCC(C(C)O)C1. The third kappa shape index (κ3) is 4.47. The first-order chi connectivity index (χ1) is 10.6. The summed E-state index contributed by atoms with van der Waals surface area (Å²) in [6, 6.07) is 7.90. The van der Waals surface area contributed by atoms with Gasteiger partial charge in [-0.3, -0.25) is 4.79 Å². The molecule has 0 spiro atoms. The number of para-hydroxylation sites is 1. The molecule has 0 bridgehead atoms. The van der Waals surface area contributed by atoms with Crippen molar-refractivity contribution in [2.24, 2.45) is 5.92 Å². The number of benzene rings is 1. The number of aliphatic hydroxyl groups excluding tert-OH is 1. The maximum atomic E-state index is 12.4. The first-order valence-electron chi connectivity index (χ1n) is 8.28. The number of carbonyl (C=O) groups excluding carboxylic acids is 1. The lowest BCUT2D eigenvalue weighted by molar-refractivity contribution is -0.133. The molecule has 1 fully saturated rings. The number of aryl methyl sites for hydroxylation is 1. The molecule has 1 saturated heterocycles. The second-order valence-corrected chi connectivity index (χ2v) is 6.02. The Balaban J connectivity index is 1.90. The van der Waals surface area contributed by atoms with Gasteiger partial charge in [-0.25, -0.2) is 0 Å². The number of ether oxygens (including phenoxy) is 1. The number of rotatable bonds is 6. The zero-order valence-electron chi connectivity index (χ0n) is 13.6. The van der Waals surface area contributed by atoms with E-state index in [1.165, 1.54) is 0 Å². The summed E-state index contributed by atoms with van der Waals surface area (Å²) < 4.78 is 5.61. The highest BCUT2D eigenvalue weighted by molar-refractivity contribution is 5.76. The molecule has 1 heterocycles. The van der Waals surface area contributed by atoms with Crippen molar-refractivity contribution < 1.29 is 14.6 Å². The van der Waals surface area contributed by atoms with E-state index in [0.29, 0.717) is 26.0 Å². The van der Waals surface area contributed by atoms with E-state index in [-0.39, 0.29) is 17.9 Å². The second-order valence-electron chi connectivity index (χ2n) is 6.02. The minimum Gasteiger partial charge on any atom is -0.494 e. The van der Waals surface area contributed by atoms with Crippen molar-refractivity contribution in [3.63, 3.8) is 0 Å². The zero-order valence-corrected chi connectivity index (χ0v) is 13.6. The average Bonchev–Trinajstić information content (AvgIpc) is 2.54. The van der Waals surface area contributed by atoms with Crippen molar-refractivity contribution in [2.45, 2.75) is 45.6 Å². The van der Waals surface area contributed by atoms with E-state index in [4.69, 9.17) is 4.74 Å². The van der Waals surface area contributed by atoms with Crippen molar-refractivity contribution in [3.05, 3.63) is 29.8 Å². The van der Waals surface area contributed by atoms with E-state index in [0.717, 1.165) is 30.7 Å². The van der Waals surface area contributed by atoms with Gasteiger partial charge < -0.3 is 14.7 Å². The molecule has 122 valence electrons. The van der Waals surface area contributed by atoms with Crippen LogP contribution in [0.25, 0.3) is 0 Å². The van der Waals surface area contributed by atoms with Crippen LogP contribution in [-0.2, 0) is 11.2 Å². The van der Waals surface area contributed by atoms with Crippen LogP contribution < -0.4 is 4.74 Å². The zero-order chi connectivity index (χ0) is 15.9. The van der Waals surface area contributed by atoms with Gasteiger partial charge in [-0.2, -0.15) is 0 Å². The molecule has 1 N–H and O–H groups in total. The number of likely N-dealkylation sites (tertiary alicyclic amines) is 1. The van der Waals surface area contributed by atoms with Crippen molar-refractivity contribution in [1.29, 1.82) is 0 Å². The Labute approximate surface area is 133 Å². The molecule has 0 radical (unpaired) electrons. The first-order valence-corrected chi connectivity index (χ1v) is 8.28. The molecule has 0 saturated carbocycles. The summed E-state index contributed by atoms with van der Waals surface area (Å²) in [5.74, 6) is 1.27. The molecule has 1 aliphatic heterocycles. The third-order valence-electron chi connectivity index (χ3n) is 4.37. The van der Waals surface area contributed by atoms with Crippen LogP contribution in [-0.4, -0.2) is 41.7 Å². The largest absolute Gasteiger partial charge is 0.494 e. The summed E-state index contributed by atoms with van der Waals surface area (Å²) in [6.45, 7) is 5.91. The average molecular weight is 305 g/mol. The highest BCUT2D eigenvalue weighted by Crippen LogP contribution is 2.22. The Hall–Kier alpha value is -1.55. The van der Waals surface area contributed by atoms with Crippen molar-refractivity contribution >= 4 is 5.91 Å². The van der Waals surface area contributed by atoms with Crippen molar-refractivity contribution in [2.75, 3.05) is 19.7 Å². The van der Waals surface area contributed by atoms with Gasteiger partial charge in [0, 0.05) is 25.4 Å². The number of piperidine rings is 1. The van der Waals surface area contributed by atoms with Gasteiger partial charge in [0.15, 0.2) is 0 Å². The molecule has 1 aliphatic rings. The van der Waals surface area contributed by atoms with E-state index in [1.807, 2.05) is 43.0 Å². The van der Waals surface area contributed by atoms with Gasteiger partial charge in [0.1, 0.15) is 5.75 Å². The molecule has 4 heteroatoms. The fourth-order valence-corrected chi connectivity index (χ4v) is 3.04. The molecule has 2 rings (SSSR count). The van der Waals surface area contributed by atoms with Crippen LogP contribution >= 0.6 is 0 Å². The van der Waals surface area contributed by atoms with Gasteiger partial charge in [-0.15, -0.1) is 0 Å². The molecule has 2 unspecified atom stereocenters. The summed E-state index contributed by atoms with van der Waals surface area (Å²) in [5, 5.41) is 9.73. The molecule has 2 atom stereocenters. The Morgan fingerprint density at radius 3 is 2.95 bits per heavy atom. The summed E-state index contributed by atoms with van der Waals surface area (Å²) in [5.41, 5.74) is 1.08. The Kier molecular flexibility index (Phi) is 6.25. The fraction of sp³-hybridized carbons (Fsp3) is 0.611. The van der Waals surface area contributed by atoms with Gasteiger partial charge in [-0.1, -0.05) is 18.2 Å². The number of aliphatic hydroxyl groups is 1. The predicted octanol–water partition coefficient (Wildman–Crippen LogP) is 2.64. The molecule has 1 aromatic carbocycles. The normalized spacial score (nSPS) is 19.8. The van der Waals surface area contributed by atoms with E-state index in [9.17, 15) is 9.90 Å². The van der Waals surface area contributed by atoms with Crippen molar-refractivity contribution in [1.82, 2.24) is 4.90 Å². The minimum absolute atomic E-state index is 0.177. The van der Waals surface area contributed by atoms with Gasteiger partial charge in [0.2, 0.25) is 5.91 Å². The summed E-state index contributed by atoms with van der Waals surface area (Å²) in [7, 11) is 0. The summed E-state index contributed by atoms with van der Waals surface area (Å²) >= 11 is 0. The van der Waals surface area contributed by atoms with Gasteiger partial charge in [-0.05, 0) is 44.7 Å². The predicted molar refractivity (Wildman–Crippen MR) is 86.9 cm³/mol. The lowest BCUT2D eigenvalue weighted by Crippen LogP contribution is -2.43. The van der Waals surface area contributed by atoms with Crippen LogP contribution in [0.15, 0.2) is 24.3 Å². The third-order valence-corrected chi connectivity index (χ3v) is 4.37. The maximum Gasteiger partial charge on any atom is 0.222 e. The Bertz CT molecular complexity index is 487. The molecular weight excluding hydrogens is 278 g/mol. The molecule has 22 heavy (non-hydrogen) atoms. The molecule has 4 nitrogen and oxygen atoms in total. The maximum absolute atomic E-state index is 12.4. The lowest BCUT2D eigenvalue weighted by Gasteiger charge is -2.34. The Morgan fingerprint density at radius 1 is 1.45 bits per heavy atom.